The number of aliphatic carboxylic acids is 1. The SMILES string of the molecule is CC(=O)NC(C=O)C(OC(C)C(=O)NC(C)C(=O)NC(CCC(N)=O)C(=O)O)C(OC1OC(CO)C(O)C(O)C1NC(C)=O)C(O)CO.O=C1NCCO1. The van der Waals surface area contributed by atoms with E-state index < -0.39 is 122 Å². The van der Waals surface area contributed by atoms with Gasteiger partial charge in [0.2, 0.25) is 29.5 Å². The molecule has 24 heteroatoms. The van der Waals surface area contributed by atoms with Crippen LogP contribution in [0, 0.1) is 0 Å². The molecule has 12 atom stereocenters. The maximum Gasteiger partial charge on any atom is 0.407 e. The van der Waals surface area contributed by atoms with Gasteiger partial charge in [0.15, 0.2) is 6.29 Å². The third kappa shape index (κ3) is 15.4. The zero-order valence-electron chi connectivity index (χ0n) is 29.9. The fourth-order valence-electron chi connectivity index (χ4n) is 4.91. The first-order valence-electron chi connectivity index (χ1n) is 16.5. The van der Waals surface area contributed by atoms with E-state index in [1.54, 1.807) is 0 Å². The van der Waals surface area contributed by atoms with Gasteiger partial charge in [-0.1, -0.05) is 0 Å². The highest BCUT2D eigenvalue weighted by Crippen LogP contribution is 2.26. The topological polar surface area (TPSA) is 381 Å². The molecular weight excluding hydrogens is 732 g/mol. The number of hydrogen-bond donors (Lipinski definition) is 12. The number of hydrogen-bond acceptors (Lipinski definition) is 17. The molecule has 0 bridgehead atoms. The number of carbonyl (C=O) groups excluding carboxylic acids is 7. The van der Waals surface area contributed by atoms with Crippen LogP contribution in [-0.4, -0.2) is 178 Å². The summed E-state index contributed by atoms with van der Waals surface area (Å²) < 4.78 is 21.4. The Morgan fingerprint density at radius 1 is 1.00 bits per heavy atom. The van der Waals surface area contributed by atoms with Crippen molar-refractivity contribution in [3.63, 3.8) is 0 Å². The van der Waals surface area contributed by atoms with E-state index in [-0.39, 0.29) is 25.2 Å². The summed E-state index contributed by atoms with van der Waals surface area (Å²) >= 11 is 0. The molecule has 0 radical (unpaired) electrons. The Morgan fingerprint density at radius 3 is 2.09 bits per heavy atom. The number of cyclic esters (lactones) is 1. The van der Waals surface area contributed by atoms with E-state index in [0.29, 0.717) is 13.2 Å². The van der Waals surface area contributed by atoms with Crippen molar-refractivity contribution in [2.75, 3.05) is 26.4 Å². The summed E-state index contributed by atoms with van der Waals surface area (Å²) in [6, 6.07) is -6.15. The number of amides is 6. The molecule has 0 aromatic carbocycles. The molecule has 2 aliphatic heterocycles. The van der Waals surface area contributed by atoms with Crippen molar-refractivity contribution in [1.29, 1.82) is 0 Å². The zero-order chi connectivity index (χ0) is 41.3. The smallest absolute Gasteiger partial charge is 0.407 e. The van der Waals surface area contributed by atoms with E-state index in [9.17, 15) is 69.0 Å². The molecule has 0 aliphatic carbocycles. The minimum Gasteiger partial charge on any atom is -0.480 e. The van der Waals surface area contributed by atoms with Gasteiger partial charge in [-0.15, -0.1) is 0 Å². The molecule has 2 heterocycles. The summed E-state index contributed by atoms with van der Waals surface area (Å²) in [5.74, 6) is -5.78. The van der Waals surface area contributed by atoms with Crippen LogP contribution in [0.3, 0.4) is 0 Å². The second-order valence-corrected chi connectivity index (χ2v) is 12.1. The molecule has 2 rings (SSSR count). The van der Waals surface area contributed by atoms with Crippen LogP contribution in [0.1, 0.15) is 40.5 Å². The van der Waals surface area contributed by atoms with Crippen LogP contribution in [0.15, 0.2) is 0 Å². The average Bonchev–Trinajstić information content (AvgIpc) is 3.59. The molecule has 0 spiro atoms. The van der Waals surface area contributed by atoms with Crippen molar-refractivity contribution < 1.29 is 87.9 Å². The summed E-state index contributed by atoms with van der Waals surface area (Å²) in [6.07, 6.45) is -15.0. The molecule has 6 amide bonds. The second kappa shape index (κ2) is 23.3. The Hall–Kier alpha value is -4.56. The molecule has 2 saturated heterocycles. The number of alkyl carbamates (subject to hydrolysis) is 1. The molecule has 12 unspecified atom stereocenters. The number of aldehydes is 1. The zero-order valence-corrected chi connectivity index (χ0v) is 29.9. The Balaban J connectivity index is 0.00000219. The quantitative estimate of drug-likeness (QED) is 0.0511. The second-order valence-electron chi connectivity index (χ2n) is 12.1. The molecule has 13 N–H and O–H groups in total. The number of ether oxygens (including phenoxy) is 4. The van der Waals surface area contributed by atoms with Crippen LogP contribution < -0.4 is 32.3 Å². The highest BCUT2D eigenvalue weighted by Gasteiger charge is 2.49. The Kier molecular flexibility index (Phi) is 20.5. The maximum atomic E-state index is 13.1. The Labute approximate surface area is 308 Å². The number of rotatable bonds is 20. The number of aliphatic hydroxyl groups is 5. The Morgan fingerprint density at radius 2 is 1.65 bits per heavy atom. The Bertz CT molecular complexity index is 1300. The van der Waals surface area contributed by atoms with E-state index in [2.05, 4.69) is 31.3 Å². The minimum atomic E-state index is -1.96. The molecule has 0 aromatic rings. The molecule has 0 aromatic heterocycles. The van der Waals surface area contributed by atoms with Crippen molar-refractivity contribution in [2.24, 2.45) is 5.73 Å². The van der Waals surface area contributed by atoms with E-state index in [1.807, 2.05) is 0 Å². The van der Waals surface area contributed by atoms with E-state index in [4.69, 9.17) is 19.9 Å². The van der Waals surface area contributed by atoms with Crippen LogP contribution in [0.5, 0.6) is 0 Å². The maximum absolute atomic E-state index is 13.1. The third-order valence-electron chi connectivity index (χ3n) is 7.68. The lowest BCUT2D eigenvalue weighted by Crippen LogP contribution is -2.66. The van der Waals surface area contributed by atoms with Crippen molar-refractivity contribution in [3.05, 3.63) is 0 Å². The summed E-state index contributed by atoms with van der Waals surface area (Å²) in [5, 5.41) is 71.9. The first-order valence-corrected chi connectivity index (χ1v) is 16.5. The number of carboxylic acid groups (broad SMARTS) is 1. The molecule has 24 nitrogen and oxygen atoms in total. The van der Waals surface area contributed by atoms with Crippen molar-refractivity contribution in [3.8, 4) is 0 Å². The van der Waals surface area contributed by atoms with Gasteiger partial charge >= 0.3 is 12.1 Å². The first-order chi connectivity index (χ1) is 25.3. The number of aliphatic hydroxyl groups excluding tert-OH is 5. The van der Waals surface area contributed by atoms with Crippen LogP contribution in [0.4, 0.5) is 4.79 Å². The summed E-state index contributed by atoms with van der Waals surface area (Å²) in [7, 11) is 0. The lowest BCUT2D eigenvalue weighted by Gasteiger charge is -2.45. The number of carboxylic acids is 1. The largest absolute Gasteiger partial charge is 0.480 e. The predicted octanol–water partition coefficient (Wildman–Crippen LogP) is -6.79. The number of nitrogens with one attached hydrogen (secondary N) is 5. The van der Waals surface area contributed by atoms with Crippen LogP contribution >= 0.6 is 0 Å². The first kappa shape index (κ1) is 47.5. The molecule has 308 valence electrons. The van der Waals surface area contributed by atoms with Crippen LogP contribution in [0.2, 0.25) is 0 Å². The third-order valence-corrected chi connectivity index (χ3v) is 7.68. The molecule has 2 fully saturated rings. The van der Waals surface area contributed by atoms with Gasteiger partial charge in [-0.25, -0.2) is 9.59 Å². The average molecular weight is 783 g/mol. The lowest BCUT2D eigenvalue weighted by atomic mass is 9.96. The number of nitrogens with two attached hydrogens (primary N) is 1. The predicted molar refractivity (Wildman–Crippen MR) is 176 cm³/mol. The van der Waals surface area contributed by atoms with Gasteiger partial charge in [0.1, 0.15) is 79.8 Å². The number of carbonyl (C=O) groups is 8. The summed E-state index contributed by atoms with van der Waals surface area (Å²) in [4.78, 5) is 94.0. The monoisotopic (exact) mass is 782 g/mol. The van der Waals surface area contributed by atoms with Gasteiger partial charge in [-0.3, -0.25) is 24.0 Å². The number of primary amides is 1. The highest BCUT2D eigenvalue weighted by atomic mass is 16.7. The van der Waals surface area contributed by atoms with E-state index in [0.717, 1.165) is 20.8 Å². The summed E-state index contributed by atoms with van der Waals surface area (Å²) in [5.41, 5.74) is 5.03. The van der Waals surface area contributed by atoms with Crippen LogP contribution in [0.25, 0.3) is 0 Å². The van der Waals surface area contributed by atoms with Crippen LogP contribution in [-0.2, 0) is 52.5 Å². The lowest BCUT2D eigenvalue weighted by molar-refractivity contribution is -0.302. The van der Waals surface area contributed by atoms with Crippen molar-refractivity contribution in [2.45, 2.75) is 114 Å². The fourth-order valence-corrected chi connectivity index (χ4v) is 4.91. The summed E-state index contributed by atoms with van der Waals surface area (Å²) in [6.45, 7) is 3.69. The molecular formula is C30H50N6O18. The highest BCUT2D eigenvalue weighted by molar-refractivity contribution is 5.91. The van der Waals surface area contributed by atoms with Gasteiger partial charge in [0, 0.05) is 20.3 Å². The van der Waals surface area contributed by atoms with Crippen molar-refractivity contribution in [1.82, 2.24) is 26.6 Å². The normalized spacial score (nSPS) is 24.5. The van der Waals surface area contributed by atoms with E-state index in [1.165, 1.54) is 6.92 Å². The van der Waals surface area contributed by atoms with Gasteiger partial charge in [0.25, 0.3) is 0 Å². The minimum absolute atomic E-state index is 0.160. The van der Waals surface area contributed by atoms with Crippen molar-refractivity contribution >= 4 is 47.9 Å². The fraction of sp³-hybridized carbons (Fsp3) is 0.733. The van der Waals surface area contributed by atoms with Gasteiger partial charge in [-0.05, 0) is 20.3 Å². The van der Waals surface area contributed by atoms with Gasteiger partial charge < -0.3 is 86.7 Å². The standard InChI is InChI=1S/C27H45N5O16.C3H5NO2/c1-10(24(42)32-14(26(44)45)5-6-18(28)39)29-25(43)11(2)46-22(15(7-33)30-12(3)36)23(16(38)8-34)48-27-19(31-13(4)37)21(41)20(40)17(9-35)47-27;5-3-4-1-2-6-3/h7,10-11,14-17,19-23,27,34-35,38,40-41H,5-6,8-9H2,1-4H3,(H2,28,39)(H,29,43)(H,30,36)(H,31,37)(H,32,42)(H,44,45);1-2H2,(H,4,5). The van der Waals surface area contributed by atoms with Gasteiger partial charge in [-0.2, -0.15) is 0 Å². The van der Waals surface area contributed by atoms with Gasteiger partial charge in [0.05, 0.1) is 19.8 Å². The van der Waals surface area contributed by atoms with E-state index >= 15 is 0 Å². The molecule has 0 saturated carbocycles. The molecule has 54 heavy (non-hydrogen) atoms. The molecule has 2 aliphatic rings.